The second kappa shape index (κ2) is 6.20. The van der Waals surface area contributed by atoms with Gasteiger partial charge in [0.1, 0.15) is 12.7 Å². The average molecular weight is 240 g/mol. The number of epoxide rings is 1. The molecule has 0 aliphatic carbocycles. The van der Waals surface area contributed by atoms with E-state index in [1.807, 2.05) is 0 Å². The fourth-order valence-corrected chi connectivity index (χ4v) is 1.09. The quantitative estimate of drug-likeness (QED) is 0.430. The molecule has 5 nitrogen and oxygen atoms in total. The van der Waals surface area contributed by atoms with E-state index in [0.717, 1.165) is 0 Å². The number of carbonyl (C=O) groups excluding carboxylic acids is 1. The van der Waals surface area contributed by atoms with E-state index in [9.17, 15) is 9.59 Å². The SMILES string of the molecule is CC=C(CC=C(C)C(=O)O)C(=O)OCC1CO1. The smallest absolute Gasteiger partial charge is 0.334 e. The highest BCUT2D eigenvalue weighted by Crippen LogP contribution is 2.12. The Labute approximate surface area is 99.7 Å². The number of carboxylic acid groups (broad SMARTS) is 1. The number of carbonyl (C=O) groups is 2. The highest BCUT2D eigenvalue weighted by atomic mass is 16.6. The molecule has 1 fully saturated rings. The Balaban J connectivity index is 2.44. The lowest BCUT2D eigenvalue weighted by molar-refractivity contribution is -0.139. The standard InChI is InChI=1S/C12H16O5/c1-3-9(5-4-8(2)11(13)14)12(15)17-7-10-6-16-10/h3-4,10H,5-7H2,1-2H3,(H,13,14). The molecule has 0 saturated carbocycles. The molecule has 1 atom stereocenters. The lowest BCUT2D eigenvalue weighted by atomic mass is 10.1. The largest absolute Gasteiger partial charge is 0.478 e. The fourth-order valence-electron chi connectivity index (χ4n) is 1.09. The first-order valence-corrected chi connectivity index (χ1v) is 5.38. The molecule has 1 heterocycles. The summed E-state index contributed by atoms with van der Waals surface area (Å²) in [4.78, 5) is 22.1. The van der Waals surface area contributed by atoms with Gasteiger partial charge >= 0.3 is 11.9 Å². The van der Waals surface area contributed by atoms with Gasteiger partial charge in [-0.15, -0.1) is 0 Å². The molecule has 0 aromatic rings. The summed E-state index contributed by atoms with van der Waals surface area (Å²) in [5.74, 6) is -1.40. The first-order chi connectivity index (χ1) is 8.04. The summed E-state index contributed by atoms with van der Waals surface area (Å²) in [5, 5.41) is 8.67. The van der Waals surface area contributed by atoms with Crippen molar-refractivity contribution in [1.82, 2.24) is 0 Å². The van der Waals surface area contributed by atoms with Gasteiger partial charge in [0.05, 0.1) is 6.61 Å². The van der Waals surface area contributed by atoms with E-state index in [0.29, 0.717) is 12.2 Å². The minimum absolute atomic E-state index is 0.0355. The van der Waals surface area contributed by atoms with Crippen LogP contribution in [0.4, 0.5) is 0 Å². The summed E-state index contributed by atoms with van der Waals surface area (Å²) in [6.07, 6.45) is 3.42. The fraction of sp³-hybridized carbons (Fsp3) is 0.500. The van der Waals surface area contributed by atoms with E-state index in [1.165, 1.54) is 13.0 Å². The minimum Gasteiger partial charge on any atom is -0.478 e. The maximum atomic E-state index is 11.6. The van der Waals surface area contributed by atoms with Crippen LogP contribution in [0.3, 0.4) is 0 Å². The Bertz CT molecular complexity index is 363. The summed E-state index contributed by atoms with van der Waals surface area (Å²) in [7, 11) is 0. The van der Waals surface area contributed by atoms with Gasteiger partial charge in [-0.2, -0.15) is 0 Å². The molecular weight excluding hydrogens is 224 g/mol. The molecule has 1 N–H and O–H groups in total. The number of esters is 1. The predicted octanol–water partition coefficient (Wildman–Crippen LogP) is 1.30. The van der Waals surface area contributed by atoms with Crippen molar-refractivity contribution >= 4 is 11.9 Å². The number of rotatable bonds is 6. The van der Waals surface area contributed by atoms with Crippen LogP contribution in [0.5, 0.6) is 0 Å². The Kier molecular flexibility index (Phi) is 4.90. The Morgan fingerprint density at radius 2 is 2.18 bits per heavy atom. The normalized spacial score (nSPS) is 20.0. The number of carboxylic acids is 1. The highest BCUT2D eigenvalue weighted by Gasteiger charge is 2.24. The summed E-state index contributed by atoms with van der Waals surface area (Å²) in [6.45, 7) is 4.10. The first kappa shape index (κ1) is 13.4. The van der Waals surface area contributed by atoms with Crippen LogP contribution in [0.25, 0.3) is 0 Å². The Hall–Kier alpha value is -1.62. The Morgan fingerprint density at radius 1 is 1.53 bits per heavy atom. The molecule has 5 heteroatoms. The van der Waals surface area contributed by atoms with Crippen LogP contribution < -0.4 is 0 Å². The lowest BCUT2D eigenvalue weighted by Gasteiger charge is -2.05. The number of allylic oxidation sites excluding steroid dienone is 2. The highest BCUT2D eigenvalue weighted by molar-refractivity contribution is 5.90. The third kappa shape index (κ3) is 4.82. The van der Waals surface area contributed by atoms with Crippen molar-refractivity contribution in [2.24, 2.45) is 0 Å². The van der Waals surface area contributed by atoms with E-state index in [4.69, 9.17) is 14.6 Å². The number of aliphatic carboxylic acids is 1. The lowest BCUT2D eigenvalue weighted by Crippen LogP contribution is -2.12. The molecule has 17 heavy (non-hydrogen) atoms. The van der Waals surface area contributed by atoms with Gasteiger partial charge in [-0.3, -0.25) is 0 Å². The molecular formula is C12H16O5. The molecule has 1 saturated heterocycles. The van der Waals surface area contributed by atoms with Gasteiger partial charge in [0, 0.05) is 11.1 Å². The summed E-state index contributed by atoms with van der Waals surface area (Å²) in [5.41, 5.74) is 0.661. The van der Waals surface area contributed by atoms with Gasteiger partial charge in [0.25, 0.3) is 0 Å². The molecule has 1 aliphatic rings. The third-order valence-corrected chi connectivity index (χ3v) is 2.38. The summed E-state index contributed by atoms with van der Waals surface area (Å²) in [6, 6.07) is 0. The van der Waals surface area contributed by atoms with Gasteiger partial charge in [0.15, 0.2) is 0 Å². The molecule has 1 rings (SSSR count). The van der Waals surface area contributed by atoms with Crippen molar-refractivity contribution in [2.75, 3.05) is 13.2 Å². The van der Waals surface area contributed by atoms with Crippen molar-refractivity contribution in [3.63, 3.8) is 0 Å². The van der Waals surface area contributed by atoms with Crippen molar-refractivity contribution in [3.8, 4) is 0 Å². The second-order valence-corrected chi connectivity index (χ2v) is 3.76. The van der Waals surface area contributed by atoms with E-state index in [1.54, 1.807) is 13.0 Å². The number of hydrogen-bond donors (Lipinski definition) is 1. The summed E-state index contributed by atoms with van der Waals surface area (Å²) < 4.78 is 9.92. The zero-order valence-corrected chi connectivity index (χ0v) is 9.93. The van der Waals surface area contributed by atoms with E-state index in [-0.39, 0.29) is 24.7 Å². The van der Waals surface area contributed by atoms with Crippen LogP contribution in [0.15, 0.2) is 23.3 Å². The third-order valence-electron chi connectivity index (χ3n) is 2.38. The summed E-state index contributed by atoms with van der Waals surface area (Å²) >= 11 is 0. The van der Waals surface area contributed by atoms with Crippen LogP contribution in [-0.2, 0) is 19.1 Å². The monoisotopic (exact) mass is 240 g/mol. The number of hydrogen-bond acceptors (Lipinski definition) is 4. The molecule has 1 unspecified atom stereocenters. The van der Waals surface area contributed by atoms with Gasteiger partial charge < -0.3 is 14.6 Å². The van der Waals surface area contributed by atoms with Crippen LogP contribution in [0.1, 0.15) is 20.3 Å². The average Bonchev–Trinajstić information content (AvgIpc) is 3.10. The number of ether oxygens (including phenoxy) is 2. The van der Waals surface area contributed by atoms with Crippen molar-refractivity contribution in [1.29, 1.82) is 0 Å². The van der Waals surface area contributed by atoms with Crippen LogP contribution in [0, 0.1) is 0 Å². The zero-order chi connectivity index (χ0) is 12.8. The zero-order valence-electron chi connectivity index (χ0n) is 9.93. The van der Waals surface area contributed by atoms with Gasteiger partial charge in [-0.05, 0) is 20.3 Å². The first-order valence-electron chi connectivity index (χ1n) is 5.38. The van der Waals surface area contributed by atoms with Crippen molar-refractivity contribution in [2.45, 2.75) is 26.4 Å². The van der Waals surface area contributed by atoms with Crippen LogP contribution in [0.2, 0.25) is 0 Å². The molecule has 0 amide bonds. The maximum Gasteiger partial charge on any atom is 0.334 e. The molecule has 0 spiro atoms. The predicted molar refractivity (Wildman–Crippen MR) is 60.5 cm³/mol. The van der Waals surface area contributed by atoms with E-state index >= 15 is 0 Å². The molecule has 0 radical (unpaired) electrons. The topological polar surface area (TPSA) is 76.1 Å². The Morgan fingerprint density at radius 3 is 2.65 bits per heavy atom. The van der Waals surface area contributed by atoms with E-state index in [2.05, 4.69) is 0 Å². The van der Waals surface area contributed by atoms with Gasteiger partial charge in [0.2, 0.25) is 0 Å². The van der Waals surface area contributed by atoms with Crippen molar-refractivity contribution in [3.05, 3.63) is 23.3 Å². The minimum atomic E-state index is -0.986. The van der Waals surface area contributed by atoms with E-state index < -0.39 is 11.9 Å². The molecule has 0 bridgehead atoms. The van der Waals surface area contributed by atoms with Crippen LogP contribution in [-0.4, -0.2) is 36.4 Å². The van der Waals surface area contributed by atoms with Crippen LogP contribution >= 0.6 is 0 Å². The second-order valence-electron chi connectivity index (χ2n) is 3.76. The molecule has 1 aliphatic heterocycles. The van der Waals surface area contributed by atoms with Gasteiger partial charge in [-0.25, -0.2) is 9.59 Å². The molecule has 0 aromatic carbocycles. The maximum absolute atomic E-state index is 11.6. The molecule has 94 valence electrons. The van der Waals surface area contributed by atoms with Crippen molar-refractivity contribution < 1.29 is 24.2 Å². The van der Waals surface area contributed by atoms with Gasteiger partial charge in [-0.1, -0.05) is 12.2 Å². The molecule has 0 aromatic heterocycles.